The van der Waals surface area contributed by atoms with Crippen LogP contribution in [0.15, 0.2) is 54.6 Å². The summed E-state index contributed by atoms with van der Waals surface area (Å²) in [5, 5.41) is 2.98. The standard InChI is InChI=1S/C21H25FN2O2/c1-16(21(25)23-12-11-17-7-9-19(22)10-8-17)24-13-14-26-20(15-24)18-5-3-2-4-6-18/h2-10,16,20H,11-15H2,1H3,(H,23,25). The number of amides is 1. The molecule has 0 aromatic heterocycles. The second-order valence-electron chi connectivity index (χ2n) is 6.61. The van der Waals surface area contributed by atoms with Gasteiger partial charge in [0.1, 0.15) is 5.82 Å². The van der Waals surface area contributed by atoms with Gasteiger partial charge in [0, 0.05) is 19.6 Å². The Kier molecular flexibility index (Phi) is 6.36. The number of carbonyl (C=O) groups excluding carboxylic acids is 1. The van der Waals surface area contributed by atoms with Crippen molar-refractivity contribution in [3.63, 3.8) is 0 Å². The summed E-state index contributed by atoms with van der Waals surface area (Å²) in [6.07, 6.45) is 0.688. The third kappa shape index (κ3) is 4.90. The number of halogens is 1. The molecule has 0 spiro atoms. The molecule has 1 aliphatic heterocycles. The Morgan fingerprint density at radius 2 is 1.96 bits per heavy atom. The Bertz CT molecular complexity index is 706. The van der Waals surface area contributed by atoms with E-state index >= 15 is 0 Å². The summed E-state index contributed by atoms with van der Waals surface area (Å²) in [5.41, 5.74) is 2.15. The minimum atomic E-state index is -0.244. The molecule has 1 saturated heterocycles. The van der Waals surface area contributed by atoms with E-state index in [0.717, 1.165) is 17.7 Å². The van der Waals surface area contributed by atoms with Crippen LogP contribution in [0.2, 0.25) is 0 Å². The minimum Gasteiger partial charge on any atom is -0.371 e. The number of nitrogens with zero attached hydrogens (tertiary/aromatic N) is 1. The first-order valence-corrected chi connectivity index (χ1v) is 9.06. The average molecular weight is 356 g/mol. The second-order valence-corrected chi connectivity index (χ2v) is 6.61. The lowest BCUT2D eigenvalue weighted by Crippen LogP contribution is -2.50. The smallest absolute Gasteiger partial charge is 0.237 e. The van der Waals surface area contributed by atoms with Gasteiger partial charge in [-0.1, -0.05) is 42.5 Å². The molecular formula is C21H25FN2O2. The molecule has 5 heteroatoms. The van der Waals surface area contributed by atoms with Gasteiger partial charge < -0.3 is 10.1 Å². The van der Waals surface area contributed by atoms with E-state index < -0.39 is 0 Å². The number of morpholine rings is 1. The molecule has 1 amide bonds. The third-order valence-corrected chi connectivity index (χ3v) is 4.82. The van der Waals surface area contributed by atoms with E-state index in [1.165, 1.54) is 12.1 Å². The number of nitrogens with one attached hydrogen (secondary N) is 1. The highest BCUT2D eigenvalue weighted by Crippen LogP contribution is 2.23. The molecule has 138 valence electrons. The van der Waals surface area contributed by atoms with E-state index in [4.69, 9.17) is 4.74 Å². The van der Waals surface area contributed by atoms with Gasteiger partial charge in [-0.15, -0.1) is 0 Å². The lowest BCUT2D eigenvalue weighted by atomic mass is 10.1. The van der Waals surface area contributed by atoms with Gasteiger partial charge in [0.2, 0.25) is 5.91 Å². The van der Waals surface area contributed by atoms with Crippen molar-refractivity contribution in [2.24, 2.45) is 0 Å². The van der Waals surface area contributed by atoms with E-state index in [-0.39, 0.29) is 23.9 Å². The van der Waals surface area contributed by atoms with Crippen LogP contribution < -0.4 is 5.32 Å². The van der Waals surface area contributed by atoms with Gasteiger partial charge in [-0.3, -0.25) is 9.69 Å². The molecule has 2 unspecified atom stereocenters. The Hall–Kier alpha value is -2.24. The average Bonchev–Trinajstić information content (AvgIpc) is 2.69. The first-order chi connectivity index (χ1) is 12.6. The van der Waals surface area contributed by atoms with Crippen LogP contribution in [0.5, 0.6) is 0 Å². The van der Waals surface area contributed by atoms with Gasteiger partial charge in [0.05, 0.1) is 18.8 Å². The number of carbonyl (C=O) groups is 1. The molecule has 0 radical (unpaired) electrons. The number of hydrogen-bond donors (Lipinski definition) is 1. The van der Waals surface area contributed by atoms with Crippen LogP contribution in [0, 0.1) is 5.82 Å². The van der Waals surface area contributed by atoms with Crippen molar-refractivity contribution in [1.29, 1.82) is 0 Å². The molecule has 26 heavy (non-hydrogen) atoms. The number of benzene rings is 2. The summed E-state index contributed by atoms with van der Waals surface area (Å²) in [5.74, 6) is -0.229. The third-order valence-electron chi connectivity index (χ3n) is 4.82. The molecule has 2 aromatic carbocycles. The van der Waals surface area contributed by atoms with Crippen LogP contribution in [0.4, 0.5) is 4.39 Å². The second kappa shape index (κ2) is 8.92. The van der Waals surface area contributed by atoms with Gasteiger partial charge in [-0.05, 0) is 36.6 Å². The quantitative estimate of drug-likeness (QED) is 0.865. The van der Waals surface area contributed by atoms with E-state index in [9.17, 15) is 9.18 Å². The Labute approximate surface area is 154 Å². The van der Waals surface area contributed by atoms with Crippen molar-refractivity contribution < 1.29 is 13.9 Å². The molecule has 1 N–H and O–H groups in total. The zero-order valence-electron chi connectivity index (χ0n) is 15.0. The fourth-order valence-corrected chi connectivity index (χ4v) is 3.18. The summed E-state index contributed by atoms with van der Waals surface area (Å²) >= 11 is 0. The maximum absolute atomic E-state index is 12.9. The molecule has 0 saturated carbocycles. The number of ether oxygens (including phenoxy) is 1. The van der Waals surface area contributed by atoms with Crippen LogP contribution in [-0.4, -0.2) is 43.1 Å². The van der Waals surface area contributed by atoms with Crippen LogP contribution in [0.3, 0.4) is 0 Å². The molecule has 1 fully saturated rings. The van der Waals surface area contributed by atoms with Crippen LogP contribution >= 0.6 is 0 Å². The van der Waals surface area contributed by atoms with Crippen molar-refractivity contribution >= 4 is 5.91 Å². The molecule has 0 aliphatic carbocycles. The SMILES string of the molecule is CC(C(=O)NCCc1ccc(F)cc1)N1CCOC(c2ccccc2)C1. The van der Waals surface area contributed by atoms with E-state index in [1.54, 1.807) is 12.1 Å². The summed E-state index contributed by atoms with van der Waals surface area (Å²) in [7, 11) is 0. The lowest BCUT2D eigenvalue weighted by Gasteiger charge is -2.36. The van der Waals surface area contributed by atoms with Gasteiger partial charge in [0.25, 0.3) is 0 Å². The predicted octanol–water partition coefficient (Wildman–Crippen LogP) is 2.95. The van der Waals surface area contributed by atoms with Crippen molar-refractivity contribution in [2.75, 3.05) is 26.2 Å². The molecule has 1 heterocycles. The van der Waals surface area contributed by atoms with Gasteiger partial charge in [-0.25, -0.2) is 4.39 Å². The Morgan fingerprint density at radius 3 is 2.69 bits per heavy atom. The highest BCUT2D eigenvalue weighted by atomic mass is 19.1. The van der Waals surface area contributed by atoms with Crippen LogP contribution in [0.1, 0.15) is 24.2 Å². The summed E-state index contributed by atoms with van der Waals surface area (Å²) in [6, 6.07) is 16.3. The molecular weight excluding hydrogens is 331 g/mol. The summed E-state index contributed by atoms with van der Waals surface area (Å²) in [4.78, 5) is 14.6. The lowest BCUT2D eigenvalue weighted by molar-refractivity contribution is -0.129. The van der Waals surface area contributed by atoms with Gasteiger partial charge in [-0.2, -0.15) is 0 Å². The van der Waals surface area contributed by atoms with Crippen molar-refractivity contribution in [1.82, 2.24) is 10.2 Å². The highest BCUT2D eigenvalue weighted by Gasteiger charge is 2.28. The first kappa shape index (κ1) is 18.5. The maximum atomic E-state index is 12.9. The zero-order valence-corrected chi connectivity index (χ0v) is 15.0. The minimum absolute atomic E-state index is 0.000541. The van der Waals surface area contributed by atoms with Crippen molar-refractivity contribution in [2.45, 2.75) is 25.5 Å². The van der Waals surface area contributed by atoms with Gasteiger partial charge >= 0.3 is 0 Å². The fraction of sp³-hybridized carbons (Fsp3) is 0.381. The zero-order chi connectivity index (χ0) is 18.4. The normalized spacial score (nSPS) is 19.1. The van der Waals surface area contributed by atoms with E-state index in [2.05, 4.69) is 22.3 Å². The van der Waals surface area contributed by atoms with E-state index in [0.29, 0.717) is 26.1 Å². The van der Waals surface area contributed by atoms with Gasteiger partial charge in [0.15, 0.2) is 0 Å². The topological polar surface area (TPSA) is 41.6 Å². The van der Waals surface area contributed by atoms with Crippen molar-refractivity contribution in [3.05, 3.63) is 71.5 Å². The highest BCUT2D eigenvalue weighted by molar-refractivity contribution is 5.81. The monoisotopic (exact) mass is 356 g/mol. The summed E-state index contributed by atoms with van der Waals surface area (Å²) in [6.45, 7) is 4.54. The predicted molar refractivity (Wildman–Crippen MR) is 99.3 cm³/mol. The van der Waals surface area contributed by atoms with Crippen LogP contribution in [-0.2, 0) is 16.0 Å². The summed E-state index contributed by atoms with van der Waals surface area (Å²) < 4.78 is 18.8. The van der Waals surface area contributed by atoms with Crippen LogP contribution in [0.25, 0.3) is 0 Å². The van der Waals surface area contributed by atoms with E-state index in [1.807, 2.05) is 25.1 Å². The molecule has 0 bridgehead atoms. The Balaban J connectivity index is 1.48. The largest absolute Gasteiger partial charge is 0.371 e. The van der Waals surface area contributed by atoms with Crippen molar-refractivity contribution in [3.8, 4) is 0 Å². The maximum Gasteiger partial charge on any atom is 0.237 e. The number of rotatable bonds is 6. The molecule has 1 aliphatic rings. The molecule has 2 aromatic rings. The molecule has 3 rings (SSSR count). The fourth-order valence-electron chi connectivity index (χ4n) is 3.18. The molecule has 4 nitrogen and oxygen atoms in total. The molecule has 2 atom stereocenters. The first-order valence-electron chi connectivity index (χ1n) is 9.06. The number of hydrogen-bond acceptors (Lipinski definition) is 3. The Morgan fingerprint density at radius 1 is 1.23 bits per heavy atom.